The van der Waals surface area contributed by atoms with E-state index in [0.717, 1.165) is 12.2 Å². The topological polar surface area (TPSA) is 96.7 Å². The van der Waals surface area contributed by atoms with Crippen molar-refractivity contribution in [1.29, 1.82) is 0 Å². The first-order chi connectivity index (χ1) is 10.1. The molecule has 1 aliphatic carbocycles. The van der Waals surface area contributed by atoms with Crippen molar-refractivity contribution < 1.29 is 4.79 Å². The number of amides is 1. The summed E-state index contributed by atoms with van der Waals surface area (Å²) >= 11 is 0. The van der Waals surface area contributed by atoms with Gasteiger partial charge in [0.05, 0.1) is 12.5 Å². The zero-order valence-electron chi connectivity index (χ0n) is 13.1. The summed E-state index contributed by atoms with van der Waals surface area (Å²) in [5, 5.41) is 9.92. The zero-order valence-corrected chi connectivity index (χ0v) is 13.1. The Hall–Kier alpha value is -1.43. The van der Waals surface area contributed by atoms with E-state index in [2.05, 4.69) is 20.5 Å². The van der Waals surface area contributed by atoms with Gasteiger partial charge in [0.2, 0.25) is 5.91 Å². The number of nitrogens with zero attached hydrogens (tertiary/aromatic N) is 2. The van der Waals surface area contributed by atoms with Crippen molar-refractivity contribution in [3.05, 3.63) is 11.6 Å². The van der Waals surface area contributed by atoms with Gasteiger partial charge < -0.3 is 11.1 Å². The van der Waals surface area contributed by atoms with Gasteiger partial charge in [-0.3, -0.25) is 9.89 Å². The van der Waals surface area contributed by atoms with Gasteiger partial charge in [0, 0.05) is 12.5 Å². The number of carbonyl (C=O) groups excluding carboxylic acids is 1. The maximum Gasteiger partial charge on any atom is 0.224 e. The van der Waals surface area contributed by atoms with Crippen LogP contribution in [0.25, 0.3) is 0 Å². The summed E-state index contributed by atoms with van der Waals surface area (Å²) in [4.78, 5) is 16.6. The molecule has 2 rings (SSSR count). The fourth-order valence-electron chi connectivity index (χ4n) is 2.92. The lowest BCUT2D eigenvalue weighted by atomic mass is 9.92. The molecule has 1 unspecified atom stereocenters. The van der Waals surface area contributed by atoms with E-state index in [4.69, 9.17) is 5.73 Å². The highest BCUT2D eigenvalue weighted by Gasteiger charge is 2.24. The number of hydrogen-bond acceptors (Lipinski definition) is 4. The van der Waals surface area contributed by atoms with Crippen molar-refractivity contribution in [1.82, 2.24) is 20.5 Å². The highest BCUT2D eigenvalue weighted by atomic mass is 16.1. The van der Waals surface area contributed by atoms with Crippen LogP contribution in [0.3, 0.4) is 0 Å². The minimum Gasteiger partial charge on any atom is -0.349 e. The summed E-state index contributed by atoms with van der Waals surface area (Å²) in [7, 11) is 0. The van der Waals surface area contributed by atoms with Crippen molar-refractivity contribution in [2.45, 2.75) is 58.4 Å². The van der Waals surface area contributed by atoms with E-state index in [0.29, 0.717) is 24.8 Å². The van der Waals surface area contributed by atoms with Gasteiger partial charge in [0.25, 0.3) is 0 Å². The molecule has 1 heterocycles. The van der Waals surface area contributed by atoms with Gasteiger partial charge in [-0.1, -0.05) is 39.5 Å². The number of nitrogens with two attached hydrogens (primary N) is 1. The Balaban J connectivity index is 1.80. The molecule has 118 valence electrons. The molecular weight excluding hydrogens is 266 g/mol. The van der Waals surface area contributed by atoms with Crippen LogP contribution >= 0.6 is 0 Å². The molecule has 0 aliphatic heterocycles. The second kappa shape index (κ2) is 7.54. The summed E-state index contributed by atoms with van der Waals surface area (Å²) in [6, 6.07) is 0. The van der Waals surface area contributed by atoms with E-state index in [1.807, 2.05) is 13.8 Å². The second-order valence-electron chi connectivity index (χ2n) is 6.33. The molecule has 1 atom stereocenters. The SMILES string of the molecule is CC(C)c1n[nH]c(CNC(=O)C(CN)CC2CCCC2)n1. The van der Waals surface area contributed by atoms with Crippen molar-refractivity contribution in [3.63, 3.8) is 0 Å². The summed E-state index contributed by atoms with van der Waals surface area (Å²) < 4.78 is 0. The Bertz CT molecular complexity index is 451. The lowest BCUT2D eigenvalue weighted by Gasteiger charge is -2.18. The predicted octanol–water partition coefficient (Wildman–Crippen LogP) is 1.70. The zero-order chi connectivity index (χ0) is 15.2. The van der Waals surface area contributed by atoms with Crippen LogP contribution in [0.1, 0.15) is 63.5 Å². The smallest absolute Gasteiger partial charge is 0.224 e. The monoisotopic (exact) mass is 293 g/mol. The summed E-state index contributed by atoms with van der Waals surface area (Å²) in [5.74, 6) is 2.38. The van der Waals surface area contributed by atoms with Crippen LogP contribution in [-0.2, 0) is 11.3 Å². The third-order valence-corrected chi connectivity index (χ3v) is 4.24. The molecule has 0 saturated heterocycles. The largest absolute Gasteiger partial charge is 0.349 e. The summed E-state index contributed by atoms with van der Waals surface area (Å²) in [6.07, 6.45) is 5.97. The minimum atomic E-state index is -0.0828. The predicted molar refractivity (Wildman–Crippen MR) is 81.4 cm³/mol. The molecule has 0 radical (unpaired) electrons. The van der Waals surface area contributed by atoms with E-state index in [1.54, 1.807) is 0 Å². The molecule has 0 aromatic carbocycles. The van der Waals surface area contributed by atoms with Crippen LogP contribution in [-0.4, -0.2) is 27.6 Å². The normalized spacial score (nSPS) is 17.3. The number of carbonyl (C=O) groups is 1. The molecule has 1 aromatic rings. The molecule has 6 heteroatoms. The lowest BCUT2D eigenvalue weighted by molar-refractivity contribution is -0.125. The van der Waals surface area contributed by atoms with Crippen molar-refractivity contribution in [2.75, 3.05) is 6.54 Å². The summed E-state index contributed by atoms with van der Waals surface area (Å²) in [5.41, 5.74) is 5.77. The van der Waals surface area contributed by atoms with Gasteiger partial charge in [-0.05, 0) is 12.3 Å². The quantitative estimate of drug-likeness (QED) is 0.713. The van der Waals surface area contributed by atoms with Gasteiger partial charge in [-0.25, -0.2) is 4.98 Å². The molecule has 1 amide bonds. The highest BCUT2D eigenvalue weighted by Crippen LogP contribution is 2.30. The van der Waals surface area contributed by atoms with Gasteiger partial charge in [0.1, 0.15) is 5.82 Å². The van der Waals surface area contributed by atoms with Crippen molar-refractivity contribution in [2.24, 2.45) is 17.6 Å². The average Bonchev–Trinajstić information content (AvgIpc) is 3.13. The Labute approximate surface area is 126 Å². The molecule has 0 spiro atoms. The second-order valence-corrected chi connectivity index (χ2v) is 6.33. The molecule has 4 N–H and O–H groups in total. The highest BCUT2D eigenvalue weighted by molar-refractivity contribution is 5.78. The molecule has 21 heavy (non-hydrogen) atoms. The maximum atomic E-state index is 12.2. The van der Waals surface area contributed by atoms with Crippen LogP contribution in [0.5, 0.6) is 0 Å². The molecular formula is C15H27N5O. The van der Waals surface area contributed by atoms with Crippen LogP contribution in [0.4, 0.5) is 0 Å². The van der Waals surface area contributed by atoms with Gasteiger partial charge in [-0.2, -0.15) is 5.10 Å². The molecule has 0 bridgehead atoms. The fraction of sp³-hybridized carbons (Fsp3) is 0.800. The van der Waals surface area contributed by atoms with E-state index in [9.17, 15) is 4.79 Å². The van der Waals surface area contributed by atoms with Crippen LogP contribution in [0.15, 0.2) is 0 Å². The molecule has 6 nitrogen and oxygen atoms in total. The fourth-order valence-corrected chi connectivity index (χ4v) is 2.92. The third kappa shape index (κ3) is 4.52. The van der Waals surface area contributed by atoms with Crippen molar-refractivity contribution >= 4 is 5.91 Å². The van der Waals surface area contributed by atoms with E-state index < -0.39 is 0 Å². The number of nitrogens with one attached hydrogen (secondary N) is 2. The number of aromatic amines is 1. The number of aromatic nitrogens is 3. The average molecular weight is 293 g/mol. The lowest BCUT2D eigenvalue weighted by Crippen LogP contribution is -2.35. The summed E-state index contributed by atoms with van der Waals surface area (Å²) in [6.45, 7) is 4.88. The van der Waals surface area contributed by atoms with Gasteiger partial charge >= 0.3 is 0 Å². The molecule has 1 aromatic heterocycles. The van der Waals surface area contributed by atoms with Crippen LogP contribution in [0, 0.1) is 11.8 Å². The molecule has 1 aliphatic rings. The van der Waals surface area contributed by atoms with Gasteiger partial charge in [-0.15, -0.1) is 0 Å². The Morgan fingerprint density at radius 1 is 1.43 bits per heavy atom. The van der Waals surface area contributed by atoms with Crippen molar-refractivity contribution in [3.8, 4) is 0 Å². The standard InChI is InChI=1S/C15H27N5O/c1-10(2)14-18-13(19-20-14)9-17-15(21)12(8-16)7-11-5-3-4-6-11/h10-12H,3-9,16H2,1-2H3,(H,17,21)(H,18,19,20). The van der Waals surface area contributed by atoms with Gasteiger partial charge in [0.15, 0.2) is 5.82 Å². The number of hydrogen-bond donors (Lipinski definition) is 3. The van der Waals surface area contributed by atoms with Crippen LogP contribution < -0.4 is 11.1 Å². The Morgan fingerprint density at radius 2 is 2.14 bits per heavy atom. The Morgan fingerprint density at radius 3 is 2.71 bits per heavy atom. The van der Waals surface area contributed by atoms with E-state index >= 15 is 0 Å². The minimum absolute atomic E-state index is 0.0342. The van der Waals surface area contributed by atoms with E-state index in [-0.39, 0.29) is 17.7 Å². The molecule has 1 fully saturated rings. The first kappa shape index (κ1) is 15.9. The first-order valence-corrected chi connectivity index (χ1v) is 7.99. The Kier molecular flexibility index (Phi) is 5.73. The molecule has 1 saturated carbocycles. The number of rotatable bonds is 7. The number of H-pyrrole nitrogens is 1. The van der Waals surface area contributed by atoms with E-state index in [1.165, 1.54) is 25.7 Å². The first-order valence-electron chi connectivity index (χ1n) is 7.99. The maximum absolute atomic E-state index is 12.2. The third-order valence-electron chi connectivity index (χ3n) is 4.24. The van der Waals surface area contributed by atoms with Crippen LogP contribution in [0.2, 0.25) is 0 Å².